The molecule has 0 radical (unpaired) electrons. The zero-order valence-electron chi connectivity index (χ0n) is 11.6. The van der Waals surface area contributed by atoms with Crippen molar-refractivity contribution in [3.8, 4) is 0 Å². The Hall–Kier alpha value is -1.19. The minimum Gasteiger partial charge on any atom is -0.504 e. The first-order valence-electron chi connectivity index (χ1n) is 6.00. The average molecular weight is 243 g/mol. The standard InChI is InChI=1S/C13H25NO3/c1-11(10-16-5)8-6-7-9-14-12(15)17-13(2,3)4/h10H,6-9H2,1-5H3,(H,14,15)/b11-10-. The number of hydrogen-bond acceptors (Lipinski definition) is 3. The van der Waals surface area contributed by atoms with Crippen LogP contribution in [-0.4, -0.2) is 25.3 Å². The molecule has 0 aromatic carbocycles. The Morgan fingerprint density at radius 1 is 1.29 bits per heavy atom. The van der Waals surface area contributed by atoms with Gasteiger partial charge in [-0.25, -0.2) is 4.79 Å². The van der Waals surface area contributed by atoms with Gasteiger partial charge in [0.15, 0.2) is 0 Å². The minimum absolute atomic E-state index is 0.346. The Morgan fingerprint density at radius 3 is 2.47 bits per heavy atom. The molecule has 0 aliphatic rings. The lowest BCUT2D eigenvalue weighted by Crippen LogP contribution is -2.32. The quantitative estimate of drug-likeness (QED) is 0.575. The molecule has 0 saturated carbocycles. The van der Waals surface area contributed by atoms with Crippen molar-refractivity contribution in [3.63, 3.8) is 0 Å². The van der Waals surface area contributed by atoms with E-state index < -0.39 is 5.60 Å². The van der Waals surface area contributed by atoms with Crippen molar-refractivity contribution in [2.75, 3.05) is 13.7 Å². The van der Waals surface area contributed by atoms with E-state index >= 15 is 0 Å². The number of amides is 1. The zero-order valence-corrected chi connectivity index (χ0v) is 11.6. The second kappa shape index (κ2) is 7.98. The van der Waals surface area contributed by atoms with Crippen molar-refractivity contribution < 1.29 is 14.3 Å². The van der Waals surface area contributed by atoms with E-state index in [1.807, 2.05) is 27.7 Å². The highest BCUT2D eigenvalue weighted by Gasteiger charge is 2.15. The molecule has 17 heavy (non-hydrogen) atoms. The Bertz CT molecular complexity index is 254. The highest BCUT2D eigenvalue weighted by Crippen LogP contribution is 2.07. The second-order valence-electron chi connectivity index (χ2n) is 5.09. The summed E-state index contributed by atoms with van der Waals surface area (Å²) in [6.45, 7) is 8.24. The van der Waals surface area contributed by atoms with E-state index in [4.69, 9.17) is 9.47 Å². The van der Waals surface area contributed by atoms with Crippen LogP contribution in [0.4, 0.5) is 4.79 Å². The van der Waals surface area contributed by atoms with Crippen LogP contribution in [0.2, 0.25) is 0 Å². The molecule has 0 rings (SSSR count). The van der Waals surface area contributed by atoms with Crippen LogP contribution in [0.1, 0.15) is 47.0 Å². The van der Waals surface area contributed by atoms with Crippen molar-refractivity contribution in [2.24, 2.45) is 0 Å². The summed E-state index contributed by atoms with van der Waals surface area (Å²) >= 11 is 0. The molecule has 0 spiro atoms. The summed E-state index contributed by atoms with van der Waals surface area (Å²) in [5.41, 5.74) is 0.784. The van der Waals surface area contributed by atoms with Crippen LogP contribution in [-0.2, 0) is 9.47 Å². The van der Waals surface area contributed by atoms with Crippen LogP contribution in [0.25, 0.3) is 0 Å². The van der Waals surface area contributed by atoms with E-state index in [9.17, 15) is 4.79 Å². The molecule has 0 saturated heterocycles. The van der Waals surface area contributed by atoms with Gasteiger partial charge in [0.05, 0.1) is 13.4 Å². The van der Waals surface area contributed by atoms with Crippen LogP contribution in [0.5, 0.6) is 0 Å². The van der Waals surface area contributed by atoms with Gasteiger partial charge >= 0.3 is 6.09 Å². The fraction of sp³-hybridized carbons (Fsp3) is 0.769. The number of ether oxygens (including phenoxy) is 2. The zero-order chi connectivity index (χ0) is 13.3. The summed E-state index contributed by atoms with van der Waals surface area (Å²) in [6, 6.07) is 0. The van der Waals surface area contributed by atoms with Gasteiger partial charge in [-0.3, -0.25) is 0 Å². The largest absolute Gasteiger partial charge is 0.504 e. The molecule has 0 aliphatic heterocycles. The Kier molecular flexibility index (Phi) is 7.42. The van der Waals surface area contributed by atoms with Crippen LogP contribution in [0.15, 0.2) is 11.8 Å². The van der Waals surface area contributed by atoms with Gasteiger partial charge in [0.1, 0.15) is 5.60 Å². The lowest BCUT2D eigenvalue weighted by atomic mass is 10.1. The lowest BCUT2D eigenvalue weighted by molar-refractivity contribution is 0.0527. The third-order valence-corrected chi connectivity index (χ3v) is 1.99. The molecule has 1 amide bonds. The SMILES string of the molecule is CO/C=C(/C)CCCCNC(=O)OC(C)(C)C. The first-order valence-corrected chi connectivity index (χ1v) is 6.00. The van der Waals surface area contributed by atoms with Crippen molar-refractivity contribution in [1.82, 2.24) is 5.32 Å². The number of methoxy groups -OCH3 is 1. The number of allylic oxidation sites excluding steroid dienone is 1. The van der Waals surface area contributed by atoms with Gasteiger partial charge in [-0.2, -0.15) is 0 Å². The monoisotopic (exact) mass is 243 g/mol. The maximum Gasteiger partial charge on any atom is 0.407 e. The maximum absolute atomic E-state index is 11.3. The molecule has 0 aromatic heterocycles. The van der Waals surface area contributed by atoms with Gasteiger partial charge in [0.25, 0.3) is 0 Å². The smallest absolute Gasteiger partial charge is 0.407 e. The summed E-state index contributed by atoms with van der Waals surface area (Å²) in [6.07, 6.45) is 4.36. The predicted molar refractivity (Wildman–Crippen MR) is 68.9 cm³/mol. The van der Waals surface area contributed by atoms with Gasteiger partial charge < -0.3 is 14.8 Å². The van der Waals surface area contributed by atoms with Crippen molar-refractivity contribution in [1.29, 1.82) is 0 Å². The summed E-state index contributed by atoms with van der Waals surface area (Å²) in [7, 11) is 1.65. The topological polar surface area (TPSA) is 47.6 Å². The third-order valence-electron chi connectivity index (χ3n) is 1.99. The molecular weight excluding hydrogens is 218 g/mol. The molecule has 4 heteroatoms. The van der Waals surface area contributed by atoms with E-state index in [0.717, 1.165) is 19.3 Å². The summed E-state index contributed by atoms with van der Waals surface area (Å²) in [4.78, 5) is 11.3. The first-order chi connectivity index (χ1) is 7.85. The molecule has 0 aromatic rings. The molecule has 0 heterocycles. The highest BCUT2D eigenvalue weighted by molar-refractivity contribution is 5.67. The van der Waals surface area contributed by atoms with Gasteiger partial charge in [-0.05, 0) is 52.5 Å². The van der Waals surface area contributed by atoms with Crippen LogP contribution < -0.4 is 5.32 Å². The molecule has 0 fully saturated rings. The fourth-order valence-corrected chi connectivity index (χ4v) is 1.29. The summed E-state index contributed by atoms with van der Waals surface area (Å²) in [5.74, 6) is 0. The second-order valence-corrected chi connectivity index (χ2v) is 5.09. The van der Waals surface area contributed by atoms with E-state index in [2.05, 4.69) is 5.32 Å². The summed E-state index contributed by atoms with van der Waals surface area (Å²) in [5, 5.41) is 2.73. The predicted octanol–water partition coefficient (Wildman–Crippen LogP) is 3.23. The van der Waals surface area contributed by atoms with Crippen LogP contribution >= 0.6 is 0 Å². The van der Waals surface area contributed by atoms with Crippen molar-refractivity contribution in [3.05, 3.63) is 11.8 Å². The molecule has 100 valence electrons. The van der Waals surface area contributed by atoms with E-state index in [1.165, 1.54) is 5.57 Å². The van der Waals surface area contributed by atoms with Gasteiger partial charge in [-0.15, -0.1) is 0 Å². The van der Waals surface area contributed by atoms with E-state index in [0.29, 0.717) is 6.54 Å². The molecule has 4 nitrogen and oxygen atoms in total. The Morgan fingerprint density at radius 2 is 1.94 bits per heavy atom. The molecule has 0 atom stereocenters. The van der Waals surface area contributed by atoms with Gasteiger partial charge in [0.2, 0.25) is 0 Å². The third kappa shape index (κ3) is 11.1. The van der Waals surface area contributed by atoms with Crippen molar-refractivity contribution >= 4 is 6.09 Å². The minimum atomic E-state index is -0.429. The van der Waals surface area contributed by atoms with Crippen LogP contribution in [0, 0.1) is 0 Å². The fourth-order valence-electron chi connectivity index (χ4n) is 1.29. The van der Waals surface area contributed by atoms with Crippen molar-refractivity contribution in [2.45, 2.75) is 52.6 Å². The van der Waals surface area contributed by atoms with Crippen LogP contribution in [0.3, 0.4) is 0 Å². The number of carbonyl (C=O) groups is 1. The molecular formula is C13H25NO3. The lowest BCUT2D eigenvalue weighted by Gasteiger charge is -2.19. The number of hydrogen-bond donors (Lipinski definition) is 1. The molecule has 0 bridgehead atoms. The Balaban J connectivity index is 3.52. The van der Waals surface area contributed by atoms with Gasteiger partial charge in [-0.1, -0.05) is 0 Å². The number of carbonyl (C=O) groups excluding carboxylic acids is 1. The molecule has 0 aliphatic carbocycles. The van der Waals surface area contributed by atoms with Gasteiger partial charge in [0, 0.05) is 6.54 Å². The maximum atomic E-state index is 11.3. The summed E-state index contributed by atoms with van der Waals surface area (Å²) < 4.78 is 10.0. The number of rotatable bonds is 6. The highest BCUT2D eigenvalue weighted by atomic mass is 16.6. The first kappa shape index (κ1) is 15.8. The Labute approximate surface area is 104 Å². The molecule has 1 N–H and O–H groups in total. The number of alkyl carbamates (subject to hydrolysis) is 1. The normalized spacial score (nSPS) is 12.2. The molecule has 0 unspecified atom stereocenters. The van der Waals surface area contributed by atoms with E-state index in [1.54, 1.807) is 13.4 Å². The van der Waals surface area contributed by atoms with E-state index in [-0.39, 0.29) is 6.09 Å². The number of nitrogens with one attached hydrogen (secondary N) is 1. The average Bonchev–Trinajstić information content (AvgIpc) is 2.14. The number of unbranched alkanes of at least 4 members (excludes halogenated alkanes) is 1.